The first kappa shape index (κ1) is 12.7. The number of hydrogen-bond donors (Lipinski definition) is 0. The summed E-state index contributed by atoms with van der Waals surface area (Å²) in [5.74, 6) is 6.57. The van der Waals surface area contributed by atoms with Crippen molar-refractivity contribution in [3.8, 4) is 0 Å². The zero-order valence-corrected chi connectivity index (χ0v) is 13.9. The van der Waals surface area contributed by atoms with Gasteiger partial charge in [0.05, 0.1) is 8.07 Å². The topological polar surface area (TPSA) is 0 Å². The van der Waals surface area contributed by atoms with Crippen molar-refractivity contribution in [3.05, 3.63) is 12.2 Å². The van der Waals surface area contributed by atoms with Crippen LogP contribution in [0.2, 0.25) is 23.7 Å². The first-order valence-electron chi connectivity index (χ1n) is 8.92. The summed E-state index contributed by atoms with van der Waals surface area (Å²) in [5.41, 5.74) is 1.20. The second kappa shape index (κ2) is 4.23. The molecule has 0 aliphatic heterocycles. The van der Waals surface area contributed by atoms with Gasteiger partial charge < -0.3 is 0 Å². The van der Waals surface area contributed by atoms with Gasteiger partial charge in [-0.3, -0.25) is 0 Å². The molecule has 0 N–H and O–H groups in total. The van der Waals surface area contributed by atoms with Gasteiger partial charge in [-0.25, -0.2) is 0 Å². The van der Waals surface area contributed by atoms with E-state index in [0.29, 0.717) is 0 Å². The van der Waals surface area contributed by atoms with Crippen molar-refractivity contribution in [2.24, 2.45) is 35.5 Å². The molecule has 4 rings (SSSR count). The van der Waals surface area contributed by atoms with Crippen molar-refractivity contribution in [3.63, 3.8) is 0 Å². The summed E-state index contributed by atoms with van der Waals surface area (Å²) < 4.78 is 0. The van der Waals surface area contributed by atoms with Gasteiger partial charge in [-0.2, -0.15) is 0 Å². The lowest BCUT2D eigenvalue weighted by Crippen LogP contribution is -2.44. The highest BCUT2D eigenvalue weighted by atomic mass is 28.3. The summed E-state index contributed by atoms with van der Waals surface area (Å²) in [6, 6.07) is 4.65. The molecule has 4 aliphatic rings. The fourth-order valence-corrected chi connectivity index (χ4v) is 12.4. The molecule has 0 aromatic heterocycles. The molecule has 3 fully saturated rings. The highest BCUT2D eigenvalue weighted by Crippen LogP contribution is 2.70. The lowest BCUT2D eigenvalue weighted by atomic mass is 9.73. The number of rotatable bonds is 4. The van der Waals surface area contributed by atoms with Gasteiger partial charge in [0.15, 0.2) is 0 Å². The summed E-state index contributed by atoms with van der Waals surface area (Å²) in [4.78, 5) is 0. The Morgan fingerprint density at radius 2 is 1.47 bits per heavy atom. The number of hydrogen-bond acceptors (Lipinski definition) is 0. The summed E-state index contributed by atoms with van der Waals surface area (Å²) in [5, 5.41) is 0. The molecule has 4 aliphatic carbocycles. The van der Waals surface area contributed by atoms with Crippen LogP contribution in [-0.4, -0.2) is 8.07 Å². The zero-order chi connectivity index (χ0) is 13.2. The van der Waals surface area contributed by atoms with E-state index in [2.05, 4.69) is 32.9 Å². The van der Waals surface area contributed by atoms with E-state index < -0.39 is 8.07 Å². The first-order valence-corrected chi connectivity index (χ1v) is 11.6. The first-order chi connectivity index (χ1) is 9.24. The van der Waals surface area contributed by atoms with E-state index >= 15 is 0 Å². The molecule has 4 bridgehead atoms. The smallest absolute Gasteiger partial charge is 0.0561 e. The monoisotopic (exact) mass is 274 g/mol. The third-order valence-corrected chi connectivity index (χ3v) is 14.6. The average molecular weight is 275 g/mol. The molecule has 0 spiro atoms. The second-order valence-electron chi connectivity index (χ2n) is 8.03. The molecule has 3 saturated carbocycles. The Bertz CT molecular complexity index is 386. The molecule has 0 aromatic rings. The van der Waals surface area contributed by atoms with Gasteiger partial charge in [0.2, 0.25) is 0 Å². The van der Waals surface area contributed by atoms with Crippen LogP contribution >= 0.6 is 0 Å². The molecule has 106 valence electrons. The Labute approximate surface area is 120 Å². The maximum absolute atomic E-state index is 2.61. The van der Waals surface area contributed by atoms with Gasteiger partial charge in [-0.15, -0.1) is 0 Å². The van der Waals surface area contributed by atoms with Crippen molar-refractivity contribution < 1.29 is 0 Å². The van der Waals surface area contributed by atoms with E-state index in [9.17, 15) is 0 Å². The van der Waals surface area contributed by atoms with Crippen LogP contribution in [0.4, 0.5) is 0 Å². The molecule has 1 heteroatoms. The van der Waals surface area contributed by atoms with Crippen molar-refractivity contribution in [1.82, 2.24) is 0 Å². The Morgan fingerprint density at radius 3 is 2.11 bits per heavy atom. The van der Waals surface area contributed by atoms with Gasteiger partial charge >= 0.3 is 0 Å². The average Bonchev–Trinajstić information content (AvgIpc) is 3.20. The van der Waals surface area contributed by atoms with Crippen LogP contribution < -0.4 is 0 Å². The van der Waals surface area contributed by atoms with E-state index in [1.165, 1.54) is 12.0 Å². The minimum Gasteiger partial charge on any atom is -0.0848 e. The van der Waals surface area contributed by atoms with E-state index in [1.54, 1.807) is 31.0 Å². The maximum atomic E-state index is 2.61. The molecular formula is C18H30Si. The zero-order valence-electron chi connectivity index (χ0n) is 12.9. The molecule has 0 radical (unpaired) electrons. The molecule has 0 aromatic carbocycles. The van der Waals surface area contributed by atoms with Gasteiger partial charge in [0, 0.05) is 0 Å². The van der Waals surface area contributed by atoms with E-state index in [1.807, 2.05) is 0 Å². The highest BCUT2D eigenvalue weighted by Gasteiger charge is 2.63. The summed E-state index contributed by atoms with van der Waals surface area (Å²) in [6.45, 7) is 7.55. The van der Waals surface area contributed by atoms with Crippen LogP contribution in [0, 0.1) is 35.5 Å². The maximum Gasteiger partial charge on any atom is 0.0561 e. The van der Waals surface area contributed by atoms with Crippen LogP contribution in [0.15, 0.2) is 12.2 Å². The van der Waals surface area contributed by atoms with Crippen LogP contribution in [-0.2, 0) is 0 Å². The fourth-order valence-electron chi connectivity index (χ4n) is 7.26. The lowest BCUT2D eigenvalue weighted by molar-refractivity contribution is 0.202. The molecule has 0 amide bonds. The highest BCUT2D eigenvalue weighted by molar-refractivity contribution is 6.81. The van der Waals surface area contributed by atoms with Gasteiger partial charge in [0.25, 0.3) is 0 Å². The fraction of sp³-hybridized carbons (Fsp3) is 0.889. The Kier molecular flexibility index (Phi) is 2.82. The minimum absolute atomic E-state index is 0.949. The predicted octanol–water partition coefficient (Wildman–Crippen LogP) is 5.34. The molecule has 0 saturated heterocycles. The van der Waals surface area contributed by atoms with E-state index in [-0.39, 0.29) is 0 Å². The van der Waals surface area contributed by atoms with Gasteiger partial charge in [-0.05, 0) is 60.3 Å². The Balaban J connectivity index is 1.64. The normalized spacial score (nSPS) is 50.2. The molecular weight excluding hydrogens is 244 g/mol. The second-order valence-corrected chi connectivity index (χ2v) is 13.6. The molecule has 0 nitrogen and oxygen atoms in total. The standard InChI is InChI=1S/C18H30Si/c1-4-19(5-2,6-3)16-11-14-10-15(16)18-13-8-7-12(9-13)17(14)18/h7-8,12-18H,4-6,9-11H2,1-3H3. The Hall–Kier alpha value is -0.0431. The lowest BCUT2D eigenvalue weighted by Gasteiger charge is -2.45. The van der Waals surface area contributed by atoms with Gasteiger partial charge in [-0.1, -0.05) is 51.1 Å². The largest absolute Gasteiger partial charge is 0.0848 e. The predicted molar refractivity (Wildman–Crippen MR) is 84.9 cm³/mol. The summed E-state index contributed by atoms with van der Waals surface area (Å²) in [6.07, 6.45) is 10.0. The van der Waals surface area contributed by atoms with Crippen molar-refractivity contribution in [2.75, 3.05) is 0 Å². The van der Waals surface area contributed by atoms with E-state index in [0.717, 1.165) is 35.5 Å². The third kappa shape index (κ3) is 1.46. The van der Waals surface area contributed by atoms with E-state index in [4.69, 9.17) is 0 Å². The Morgan fingerprint density at radius 1 is 0.842 bits per heavy atom. The van der Waals surface area contributed by atoms with Crippen LogP contribution in [0.25, 0.3) is 0 Å². The van der Waals surface area contributed by atoms with Crippen LogP contribution in [0.1, 0.15) is 40.0 Å². The summed E-state index contributed by atoms with van der Waals surface area (Å²) >= 11 is 0. The molecule has 7 atom stereocenters. The number of fused-ring (bicyclic) bond motifs is 9. The minimum atomic E-state index is -0.949. The summed E-state index contributed by atoms with van der Waals surface area (Å²) in [7, 11) is -0.949. The third-order valence-electron chi connectivity index (χ3n) is 8.17. The SMILES string of the molecule is CC[Si](CC)(CC)C1CC2CC1C1C3C=CC(C3)C21. The van der Waals surface area contributed by atoms with Crippen molar-refractivity contribution >= 4 is 8.07 Å². The molecule has 19 heavy (non-hydrogen) atoms. The van der Waals surface area contributed by atoms with Crippen molar-refractivity contribution in [2.45, 2.75) is 63.7 Å². The number of allylic oxidation sites excluding steroid dienone is 2. The molecule has 0 heterocycles. The molecule has 7 unspecified atom stereocenters. The van der Waals surface area contributed by atoms with Crippen molar-refractivity contribution in [1.29, 1.82) is 0 Å². The quantitative estimate of drug-likeness (QED) is 0.368. The van der Waals surface area contributed by atoms with Gasteiger partial charge in [0.1, 0.15) is 0 Å². The van der Waals surface area contributed by atoms with Crippen LogP contribution in [0.3, 0.4) is 0 Å². The van der Waals surface area contributed by atoms with Crippen LogP contribution in [0.5, 0.6) is 0 Å².